The van der Waals surface area contributed by atoms with Crippen molar-refractivity contribution in [1.82, 2.24) is 0 Å². The van der Waals surface area contributed by atoms with Gasteiger partial charge in [-0.05, 0) is 31.9 Å². The van der Waals surface area contributed by atoms with Gasteiger partial charge in [-0.15, -0.1) is 0 Å². The molecule has 0 nitrogen and oxygen atoms in total. The molecule has 0 aliphatic carbocycles. The Hall–Kier alpha value is -1.56. The van der Waals surface area contributed by atoms with Crippen molar-refractivity contribution in [2.45, 2.75) is 20.8 Å². The van der Waals surface area contributed by atoms with E-state index < -0.39 is 0 Å². The van der Waals surface area contributed by atoms with E-state index in [1.807, 2.05) is 36.4 Å². The summed E-state index contributed by atoms with van der Waals surface area (Å²) in [7, 11) is 0. The average molecular weight is 198 g/mol. The van der Waals surface area contributed by atoms with E-state index in [0.29, 0.717) is 0 Å². The molecule has 0 saturated heterocycles. The molecule has 0 unspecified atom stereocenters. The van der Waals surface area contributed by atoms with E-state index in [0.717, 1.165) is 0 Å². The maximum absolute atomic E-state index is 2.20. The molecule has 0 fully saturated rings. The van der Waals surface area contributed by atoms with Gasteiger partial charge in [0, 0.05) is 0 Å². The van der Waals surface area contributed by atoms with Crippen LogP contribution in [0.4, 0.5) is 0 Å². The predicted molar refractivity (Wildman–Crippen MR) is 67.1 cm³/mol. The van der Waals surface area contributed by atoms with Gasteiger partial charge in [-0.1, -0.05) is 60.2 Å². The second-order valence-electron chi connectivity index (χ2n) is 3.74. The van der Waals surface area contributed by atoms with Crippen LogP contribution in [0.5, 0.6) is 0 Å². The Bertz CT molecular complexity index is 361. The van der Waals surface area contributed by atoms with Gasteiger partial charge in [-0.3, -0.25) is 0 Å². The van der Waals surface area contributed by atoms with E-state index in [9.17, 15) is 0 Å². The van der Waals surface area contributed by atoms with Crippen LogP contribution in [-0.2, 0) is 0 Å². The van der Waals surface area contributed by atoms with Crippen molar-refractivity contribution in [2.75, 3.05) is 0 Å². The summed E-state index contributed by atoms with van der Waals surface area (Å²) in [6, 6.07) is 18.5. The van der Waals surface area contributed by atoms with Crippen LogP contribution in [0.2, 0.25) is 0 Å². The lowest BCUT2D eigenvalue weighted by Crippen LogP contribution is -1.79. The van der Waals surface area contributed by atoms with Crippen molar-refractivity contribution >= 4 is 0 Å². The fraction of sp³-hybridized carbons (Fsp3) is 0.200. The van der Waals surface area contributed by atoms with Crippen LogP contribution in [0, 0.1) is 20.8 Å². The summed E-state index contributed by atoms with van der Waals surface area (Å²) in [6.45, 7) is 6.39. The van der Waals surface area contributed by atoms with E-state index in [2.05, 4.69) is 39.0 Å². The van der Waals surface area contributed by atoms with Gasteiger partial charge in [-0.2, -0.15) is 0 Å². The SMILES string of the molecule is Cc1ccc(C)c(C)c1.c1ccccc1. The van der Waals surface area contributed by atoms with Crippen molar-refractivity contribution in [2.24, 2.45) is 0 Å². The summed E-state index contributed by atoms with van der Waals surface area (Å²) in [5, 5.41) is 0. The summed E-state index contributed by atoms with van der Waals surface area (Å²) < 4.78 is 0. The maximum Gasteiger partial charge on any atom is -0.0395 e. The Morgan fingerprint density at radius 3 is 1.40 bits per heavy atom. The first-order chi connectivity index (χ1) is 7.20. The summed E-state index contributed by atoms with van der Waals surface area (Å²) in [4.78, 5) is 0. The highest BCUT2D eigenvalue weighted by atomic mass is 13.9. The molecule has 0 radical (unpaired) electrons. The first kappa shape index (κ1) is 11.5. The Morgan fingerprint density at radius 1 is 0.600 bits per heavy atom. The zero-order valence-electron chi connectivity index (χ0n) is 9.70. The molecular weight excluding hydrogens is 180 g/mol. The molecule has 0 bridgehead atoms. The Morgan fingerprint density at radius 2 is 1.07 bits per heavy atom. The highest BCUT2D eigenvalue weighted by Gasteiger charge is 1.89. The lowest BCUT2D eigenvalue weighted by Gasteiger charge is -1.98. The highest BCUT2D eigenvalue weighted by molar-refractivity contribution is 5.28. The van der Waals surface area contributed by atoms with Crippen LogP contribution in [0.15, 0.2) is 54.6 Å². The molecule has 2 aromatic rings. The van der Waals surface area contributed by atoms with Crippen LogP contribution in [0.3, 0.4) is 0 Å². The first-order valence-electron chi connectivity index (χ1n) is 5.24. The summed E-state index contributed by atoms with van der Waals surface area (Å²) in [6.07, 6.45) is 0. The van der Waals surface area contributed by atoms with Gasteiger partial charge in [0.05, 0.1) is 0 Å². The Labute approximate surface area is 92.6 Å². The van der Waals surface area contributed by atoms with E-state index in [-0.39, 0.29) is 0 Å². The minimum Gasteiger partial charge on any atom is -0.0623 e. The second kappa shape index (κ2) is 6.02. The standard InChI is InChI=1S/C9H12.C6H6/c1-7-4-5-8(2)9(3)6-7;1-2-4-6-5-3-1/h4-6H,1-3H3;1-6H. The van der Waals surface area contributed by atoms with Crippen LogP contribution in [-0.4, -0.2) is 0 Å². The van der Waals surface area contributed by atoms with Crippen molar-refractivity contribution in [1.29, 1.82) is 0 Å². The van der Waals surface area contributed by atoms with Gasteiger partial charge in [0.2, 0.25) is 0 Å². The quantitative estimate of drug-likeness (QED) is 0.592. The van der Waals surface area contributed by atoms with Crippen LogP contribution in [0.25, 0.3) is 0 Å². The van der Waals surface area contributed by atoms with Gasteiger partial charge in [0.15, 0.2) is 0 Å². The third-order valence-electron chi connectivity index (χ3n) is 2.33. The normalized spacial score (nSPS) is 9.00. The van der Waals surface area contributed by atoms with E-state index in [1.165, 1.54) is 16.7 Å². The highest BCUT2D eigenvalue weighted by Crippen LogP contribution is 2.07. The average Bonchev–Trinajstić information content (AvgIpc) is 2.27. The first-order valence-corrected chi connectivity index (χ1v) is 5.24. The molecule has 0 saturated carbocycles. The van der Waals surface area contributed by atoms with Gasteiger partial charge in [0.1, 0.15) is 0 Å². The van der Waals surface area contributed by atoms with Crippen molar-refractivity contribution in [3.05, 3.63) is 71.3 Å². The topological polar surface area (TPSA) is 0 Å². The smallest absolute Gasteiger partial charge is 0.0395 e. The minimum atomic E-state index is 1.35. The summed E-state index contributed by atoms with van der Waals surface area (Å²) in [5.41, 5.74) is 4.11. The molecule has 0 amide bonds. The lowest BCUT2D eigenvalue weighted by molar-refractivity contribution is 1.30. The van der Waals surface area contributed by atoms with E-state index >= 15 is 0 Å². The molecule has 78 valence electrons. The Balaban J connectivity index is 0.000000162. The van der Waals surface area contributed by atoms with Crippen molar-refractivity contribution in [3.63, 3.8) is 0 Å². The number of hydrogen-bond donors (Lipinski definition) is 0. The molecule has 0 N–H and O–H groups in total. The van der Waals surface area contributed by atoms with Crippen LogP contribution >= 0.6 is 0 Å². The van der Waals surface area contributed by atoms with E-state index in [4.69, 9.17) is 0 Å². The zero-order chi connectivity index (χ0) is 11.1. The molecule has 0 atom stereocenters. The third-order valence-corrected chi connectivity index (χ3v) is 2.33. The fourth-order valence-electron chi connectivity index (χ4n) is 1.28. The van der Waals surface area contributed by atoms with Gasteiger partial charge >= 0.3 is 0 Å². The molecular formula is C15H18. The molecule has 15 heavy (non-hydrogen) atoms. The predicted octanol–water partition coefficient (Wildman–Crippen LogP) is 4.30. The molecule has 0 aromatic heterocycles. The second-order valence-corrected chi connectivity index (χ2v) is 3.74. The molecule has 0 spiro atoms. The molecule has 0 heteroatoms. The molecule has 2 aromatic carbocycles. The molecule has 0 heterocycles. The zero-order valence-corrected chi connectivity index (χ0v) is 9.70. The number of aryl methyl sites for hydroxylation is 3. The van der Waals surface area contributed by atoms with Crippen molar-refractivity contribution < 1.29 is 0 Å². The number of hydrogen-bond acceptors (Lipinski definition) is 0. The van der Waals surface area contributed by atoms with Gasteiger partial charge in [0.25, 0.3) is 0 Å². The minimum absolute atomic E-state index is 1.35. The van der Waals surface area contributed by atoms with Crippen LogP contribution < -0.4 is 0 Å². The monoisotopic (exact) mass is 198 g/mol. The molecule has 2 rings (SSSR count). The fourth-order valence-corrected chi connectivity index (χ4v) is 1.28. The number of benzene rings is 2. The number of rotatable bonds is 0. The van der Waals surface area contributed by atoms with Gasteiger partial charge < -0.3 is 0 Å². The Kier molecular flexibility index (Phi) is 4.62. The van der Waals surface area contributed by atoms with Crippen molar-refractivity contribution in [3.8, 4) is 0 Å². The van der Waals surface area contributed by atoms with Crippen LogP contribution in [0.1, 0.15) is 16.7 Å². The van der Waals surface area contributed by atoms with Gasteiger partial charge in [-0.25, -0.2) is 0 Å². The lowest BCUT2D eigenvalue weighted by atomic mass is 10.1. The van der Waals surface area contributed by atoms with E-state index in [1.54, 1.807) is 0 Å². The largest absolute Gasteiger partial charge is 0.0623 e. The third kappa shape index (κ3) is 4.46. The molecule has 0 aliphatic heterocycles. The maximum atomic E-state index is 2.20. The molecule has 0 aliphatic rings. The summed E-state index contributed by atoms with van der Waals surface area (Å²) in [5.74, 6) is 0. The summed E-state index contributed by atoms with van der Waals surface area (Å²) >= 11 is 0.